The van der Waals surface area contributed by atoms with Crippen LogP contribution in [0, 0.1) is 0 Å². The van der Waals surface area contributed by atoms with Crippen molar-refractivity contribution in [3.8, 4) is 0 Å². The standard InChI is InChI=1S/C23H27N6O8P/c1-3-24-23(30)28-20-17-21(26-12-25-20)29(13-27-17)22-19-18(15(35-22)11-34-38(31,32)33-2)36-16(37-19)10-9-14-7-5-4-6-8-14/h4-10,12-13,15-16,18-19,22H,3,11H2,1-2H3,(H,31,32)(H2,24,25,26,28,30)/b10-9+/t15-,16?,18?,19?,22-/m1/s1. The van der Waals surface area contributed by atoms with E-state index in [1.807, 2.05) is 36.4 Å². The molecule has 2 aromatic heterocycles. The van der Waals surface area contributed by atoms with Gasteiger partial charge in [-0.1, -0.05) is 36.4 Å². The van der Waals surface area contributed by atoms with Crippen molar-refractivity contribution in [1.82, 2.24) is 24.8 Å². The van der Waals surface area contributed by atoms with E-state index in [4.69, 9.17) is 18.7 Å². The van der Waals surface area contributed by atoms with Gasteiger partial charge in [-0.05, 0) is 18.6 Å². The van der Waals surface area contributed by atoms with Gasteiger partial charge in [0.2, 0.25) is 0 Å². The summed E-state index contributed by atoms with van der Waals surface area (Å²) in [5.41, 5.74) is 1.70. The Hall–Kier alpha value is -3.23. The lowest BCUT2D eigenvalue weighted by atomic mass is 10.1. The summed E-state index contributed by atoms with van der Waals surface area (Å²) in [5, 5.41) is 5.29. The van der Waals surface area contributed by atoms with Gasteiger partial charge < -0.3 is 24.4 Å². The summed E-state index contributed by atoms with van der Waals surface area (Å²) >= 11 is 0. The number of hydrogen-bond donors (Lipinski definition) is 3. The molecule has 2 aliphatic heterocycles. The zero-order valence-electron chi connectivity index (χ0n) is 20.5. The van der Waals surface area contributed by atoms with E-state index in [0.717, 1.165) is 12.7 Å². The van der Waals surface area contributed by atoms with Crippen LogP contribution in [0.4, 0.5) is 10.6 Å². The number of anilines is 1. The van der Waals surface area contributed by atoms with E-state index in [-0.39, 0.29) is 12.4 Å². The quantitative estimate of drug-likeness (QED) is 0.337. The normalized spacial score (nSPS) is 26.4. The van der Waals surface area contributed by atoms with Gasteiger partial charge >= 0.3 is 13.9 Å². The van der Waals surface area contributed by atoms with Crippen LogP contribution >= 0.6 is 7.82 Å². The molecular weight excluding hydrogens is 519 g/mol. The average molecular weight is 546 g/mol. The highest BCUT2D eigenvalue weighted by molar-refractivity contribution is 7.47. The van der Waals surface area contributed by atoms with E-state index in [1.165, 1.54) is 12.7 Å². The predicted molar refractivity (Wildman–Crippen MR) is 134 cm³/mol. The Labute approximate surface area is 217 Å². The Morgan fingerprint density at radius 1 is 1.18 bits per heavy atom. The molecule has 0 aliphatic carbocycles. The van der Waals surface area contributed by atoms with Crippen molar-refractivity contribution in [3.63, 3.8) is 0 Å². The van der Waals surface area contributed by atoms with Crippen LogP contribution in [-0.2, 0) is 27.8 Å². The number of ether oxygens (including phenoxy) is 3. The number of phosphoric ester groups is 1. The smallest absolute Gasteiger partial charge is 0.347 e. The second-order valence-corrected chi connectivity index (χ2v) is 9.94. The maximum atomic E-state index is 12.0. The fraction of sp³-hybridized carbons (Fsp3) is 0.391. The first kappa shape index (κ1) is 26.4. The van der Waals surface area contributed by atoms with Gasteiger partial charge in [0.15, 0.2) is 29.5 Å². The summed E-state index contributed by atoms with van der Waals surface area (Å²) in [7, 11) is -3.18. The molecule has 1 aromatic carbocycles. The number of fused-ring (bicyclic) bond motifs is 2. The molecule has 38 heavy (non-hydrogen) atoms. The molecule has 4 unspecified atom stereocenters. The lowest BCUT2D eigenvalue weighted by Crippen LogP contribution is -2.31. The Bertz CT molecular complexity index is 1350. The van der Waals surface area contributed by atoms with E-state index in [1.54, 1.807) is 17.6 Å². The third-order valence-corrected chi connectivity index (χ3v) is 6.89. The first-order valence-corrected chi connectivity index (χ1v) is 13.3. The maximum Gasteiger partial charge on any atom is 0.472 e. The van der Waals surface area contributed by atoms with Crippen molar-refractivity contribution in [2.75, 3.05) is 25.6 Å². The number of carbonyl (C=O) groups excluding carboxylic acids is 1. The molecule has 0 spiro atoms. The molecule has 15 heteroatoms. The Kier molecular flexibility index (Phi) is 7.81. The minimum Gasteiger partial charge on any atom is -0.347 e. The summed E-state index contributed by atoms with van der Waals surface area (Å²) in [5.74, 6) is 0.225. The zero-order chi connectivity index (χ0) is 26.7. The molecule has 2 aliphatic rings. The first-order chi connectivity index (χ1) is 18.4. The van der Waals surface area contributed by atoms with Gasteiger partial charge in [-0.3, -0.25) is 18.9 Å². The lowest BCUT2D eigenvalue weighted by molar-refractivity contribution is -0.132. The van der Waals surface area contributed by atoms with Crippen molar-refractivity contribution in [3.05, 3.63) is 54.6 Å². The average Bonchev–Trinajstić information content (AvgIpc) is 3.61. The topological polar surface area (TPSA) is 168 Å². The minimum atomic E-state index is -4.25. The molecule has 4 heterocycles. The van der Waals surface area contributed by atoms with Crippen LogP contribution in [0.1, 0.15) is 18.7 Å². The summed E-state index contributed by atoms with van der Waals surface area (Å²) < 4.78 is 41.6. The molecular formula is C23H27N6O8P. The number of benzene rings is 1. The number of nitrogens with zero attached hydrogens (tertiary/aromatic N) is 4. The van der Waals surface area contributed by atoms with Crippen molar-refractivity contribution < 1.29 is 37.5 Å². The van der Waals surface area contributed by atoms with Crippen LogP contribution in [0.3, 0.4) is 0 Å². The second-order valence-electron chi connectivity index (χ2n) is 8.38. The SMILES string of the molecule is CCNC(=O)Nc1ncnc2c1ncn2[C@@H]1O[C@H](COP(=O)(O)OC)C2OC(/C=C/c3ccccc3)OC21. The van der Waals surface area contributed by atoms with Crippen LogP contribution < -0.4 is 10.6 Å². The third kappa shape index (κ3) is 5.61. The van der Waals surface area contributed by atoms with E-state index < -0.39 is 44.7 Å². The fourth-order valence-electron chi connectivity index (χ4n) is 4.22. The van der Waals surface area contributed by atoms with Crippen molar-refractivity contribution in [2.45, 2.75) is 37.8 Å². The van der Waals surface area contributed by atoms with Crippen LogP contribution in [0.2, 0.25) is 0 Å². The molecule has 202 valence electrons. The predicted octanol–water partition coefficient (Wildman–Crippen LogP) is 2.45. The number of hydrogen-bond acceptors (Lipinski definition) is 10. The number of imidazole rings is 1. The number of nitrogens with one attached hydrogen (secondary N) is 2. The highest BCUT2D eigenvalue weighted by atomic mass is 31.2. The summed E-state index contributed by atoms with van der Waals surface area (Å²) in [6.07, 6.45) is 2.90. The van der Waals surface area contributed by atoms with Crippen molar-refractivity contribution in [1.29, 1.82) is 0 Å². The van der Waals surface area contributed by atoms with Crippen molar-refractivity contribution in [2.24, 2.45) is 0 Å². The highest BCUT2D eigenvalue weighted by Gasteiger charge is 2.54. The first-order valence-electron chi connectivity index (χ1n) is 11.8. The van der Waals surface area contributed by atoms with Gasteiger partial charge in [-0.25, -0.2) is 24.3 Å². The van der Waals surface area contributed by atoms with E-state index in [2.05, 4.69) is 30.1 Å². The van der Waals surface area contributed by atoms with Crippen LogP contribution in [0.5, 0.6) is 0 Å². The van der Waals surface area contributed by atoms with Crippen LogP contribution in [0.15, 0.2) is 49.1 Å². The molecule has 0 radical (unpaired) electrons. The molecule has 2 saturated heterocycles. The van der Waals surface area contributed by atoms with Gasteiger partial charge in [0.25, 0.3) is 0 Å². The second kappa shape index (κ2) is 11.3. The van der Waals surface area contributed by atoms with Gasteiger partial charge in [0.1, 0.15) is 24.6 Å². The largest absolute Gasteiger partial charge is 0.472 e. The number of amides is 2. The summed E-state index contributed by atoms with van der Waals surface area (Å²) in [4.78, 5) is 34.6. The minimum absolute atomic E-state index is 0.225. The van der Waals surface area contributed by atoms with Gasteiger partial charge in [0, 0.05) is 13.7 Å². The number of rotatable bonds is 9. The van der Waals surface area contributed by atoms with E-state index >= 15 is 0 Å². The molecule has 14 nitrogen and oxygen atoms in total. The van der Waals surface area contributed by atoms with Crippen molar-refractivity contribution >= 4 is 36.9 Å². The third-order valence-electron chi connectivity index (χ3n) is 5.95. The van der Waals surface area contributed by atoms with E-state index in [9.17, 15) is 14.3 Å². The molecule has 0 saturated carbocycles. The van der Waals surface area contributed by atoms with Gasteiger partial charge in [0.05, 0.1) is 12.9 Å². The van der Waals surface area contributed by atoms with Gasteiger partial charge in [-0.15, -0.1) is 0 Å². The Morgan fingerprint density at radius 3 is 2.74 bits per heavy atom. The number of phosphoric acid groups is 1. The lowest BCUT2D eigenvalue weighted by Gasteiger charge is -2.20. The van der Waals surface area contributed by atoms with Crippen LogP contribution in [0.25, 0.3) is 17.2 Å². The molecule has 3 N–H and O–H groups in total. The fourth-order valence-corrected chi connectivity index (χ4v) is 4.66. The number of urea groups is 1. The maximum absolute atomic E-state index is 12.0. The summed E-state index contributed by atoms with van der Waals surface area (Å²) in [6, 6.07) is 9.23. The monoisotopic (exact) mass is 546 g/mol. The van der Waals surface area contributed by atoms with Gasteiger partial charge in [-0.2, -0.15) is 0 Å². The summed E-state index contributed by atoms with van der Waals surface area (Å²) in [6.45, 7) is 1.95. The molecule has 5 rings (SSSR count). The highest BCUT2D eigenvalue weighted by Crippen LogP contribution is 2.45. The molecule has 0 bridgehead atoms. The Balaban J connectivity index is 1.41. The number of aromatic nitrogens is 4. The molecule has 2 fully saturated rings. The molecule has 6 atom stereocenters. The Morgan fingerprint density at radius 2 is 1.97 bits per heavy atom. The van der Waals surface area contributed by atoms with Crippen LogP contribution in [-0.4, -0.2) is 75.3 Å². The van der Waals surface area contributed by atoms with E-state index in [0.29, 0.717) is 17.7 Å². The number of carbonyl (C=O) groups is 1. The molecule has 2 amide bonds. The molecule has 3 aromatic rings. The zero-order valence-corrected chi connectivity index (χ0v) is 21.4.